The zero-order chi connectivity index (χ0) is 12.8. The predicted molar refractivity (Wildman–Crippen MR) is 73.8 cm³/mol. The summed E-state index contributed by atoms with van der Waals surface area (Å²) in [6.45, 7) is 6.01. The van der Waals surface area contributed by atoms with E-state index in [9.17, 15) is 0 Å². The van der Waals surface area contributed by atoms with Crippen molar-refractivity contribution in [2.75, 3.05) is 33.4 Å². The molecule has 3 heteroatoms. The van der Waals surface area contributed by atoms with Crippen molar-refractivity contribution in [1.82, 2.24) is 5.32 Å². The van der Waals surface area contributed by atoms with Crippen LogP contribution in [0.2, 0.25) is 0 Å². The maximum absolute atomic E-state index is 6.35. The first-order valence-electron chi connectivity index (χ1n) is 7.64. The van der Waals surface area contributed by atoms with Crippen molar-refractivity contribution in [1.29, 1.82) is 0 Å². The fourth-order valence-corrected chi connectivity index (χ4v) is 3.32. The zero-order valence-electron chi connectivity index (χ0n) is 12.0. The molecule has 2 rings (SSSR count). The fraction of sp³-hybridized carbons (Fsp3) is 1.00. The van der Waals surface area contributed by atoms with Crippen LogP contribution in [0.5, 0.6) is 0 Å². The summed E-state index contributed by atoms with van der Waals surface area (Å²) in [5.74, 6) is 1.55. The molecular formula is C15H29NO2. The third-order valence-electron chi connectivity index (χ3n) is 4.74. The number of ether oxygens (including phenoxy) is 2. The summed E-state index contributed by atoms with van der Waals surface area (Å²) >= 11 is 0. The van der Waals surface area contributed by atoms with Gasteiger partial charge in [0.2, 0.25) is 0 Å². The molecule has 18 heavy (non-hydrogen) atoms. The van der Waals surface area contributed by atoms with Crippen LogP contribution in [-0.4, -0.2) is 39.0 Å². The minimum absolute atomic E-state index is 0.100. The van der Waals surface area contributed by atoms with Crippen LogP contribution in [0.3, 0.4) is 0 Å². The molecule has 2 aliphatic rings. The number of hydrogen-bond donors (Lipinski definition) is 1. The van der Waals surface area contributed by atoms with Crippen LogP contribution in [0.15, 0.2) is 0 Å². The van der Waals surface area contributed by atoms with Gasteiger partial charge in [-0.15, -0.1) is 0 Å². The molecule has 0 aromatic heterocycles. The molecule has 0 aromatic rings. The van der Waals surface area contributed by atoms with Crippen LogP contribution < -0.4 is 5.32 Å². The van der Waals surface area contributed by atoms with Gasteiger partial charge in [-0.1, -0.05) is 13.3 Å². The minimum Gasteiger partial charge on any atom is -0.381 e. The van der Waals surface area contributed by atoms with E-state index in [4.69, 9.17) is 9.47 Å². The molecule has 3 nitrogen and oxygen atoms in total. The largest absolute Gasteiger partial charge is 0.381 e. The van der Waals surface area contributed by atoms with Gasteiger partial charge in [-0.2, -0.15) is 0 Å². The molecule has 1 saturated heterocycles. The van der Waals surface area contributed by atoms with Crippen molar-refractivity contribution >= 4 is 0 Å². The Balaban J connectivity index is 1.82. The minimum atomic E-state index is 0.100. The predicted octanol–water partition coefficient (Wildman–Crippen LogP) is 2.60. The molecular weight excluding hydrogens is 226 g/mol. The Morgan fingerprint density at radius 1 is 1.22 bits per heavy atom. The summed E-state index contributed by atoms with van der Waals surface area (Å²) in [5, 5.41) is 3.33. The molecule has 1 N–H and O–H groups in total. The van der Waals surface area contributed by atoms with Crippen LogP contribution in [-0.2, 0) is 9.47 Å². The lowest BCUT2D eigenvalue weighted by atomic mass is 9.77. The van der Waals surface area contributed by atoms with E-state index in [1.165, 1.54) is 38.5 Å². The lowest BCUT2D eigenvalue weighted by Gasteiger charge is -2.40. The van der Waals surface area contributed by atoms with Gasteiger partial charge >= 0.3 is 0 Å². The Kier molecular flexibility index (Phi) is 5.46. The normalized spacial score (nSPS) is 37.0. The third kappa shape index (κ3) is 3.69. The Morgan fingerprint density at radius 2 is 2.00 bits per heavy atom. The van der Waals surface area contributed by atoms with E-state index in [0.717, 1.165) is 32.3 Å². The number of nitrogens with one attached hydrogen (secondary N) is 1. The zero-order valence-corrected chi connectivity index (χ0v) is 12.0. The second-order valence-electron chi connectivity index (χ2n) is 6.11. The van der Waals surface area contributed by atoms with Gasteiger partial charge in [0.15, 0.2) is 0 Å². The average Bonchev–Trinajstić information content (AvgIpc) is 2.91. The lowest BCUT2D eigenvalue weighted by Crippen LogP contribution is -2.46. The van der Waals surface area contributed by atoms with Crippen LogP contribution in [0.1, 0.15) is 45.4 Å². The maximum atomic E-state index is 6.35. The summed E-state index contributed by atoms with van der Waals surface area (Å²) in [4.78, 5) is 0. The molecule has 0 spiro atoms. The van der Waals surface area contributed by atoms with Crippen molar-refractivity contribution < 1.29 is 9.47 Å². The van der Waals surface area contributed by atoms with Gasteiger partial charge in [0.25, 0.3) is 0 Å². The van der Waals surface area contributed by atoms with Gasteiger partial charge in [-0.3, -0.25) is 0 Å². The summed E-state index contributed by atoms with van der Waals surface area (Å²) < 4.78 is 11.8. The highest BCUT2D eigenvalue weighted by Crippen LogP contribution is 2.36. The highest BCUT2D eigenvalue weighted by Gasteiger charge is 2.36. The standard InChI is InChI=1S/C15H29NO2/c1-3-13-4-7-15(8-5-13,12-16-2)18-11-14-6-9-17-10-14/h13-14,16H,3-12H2,1-2H3. The van der Waals surface area contributed by atoms with E-state index in [0.29, 0.717) is 5.92 Å². The van der Waals surface area contributed by atoms with E-state index >= 15 is 0 Å². The first kappa shape index (κ1) is 14.3. The van der Waals surface area contributed by atoms with E-state index in [1.807, 2.05) is 7.05 Å². The first-order valence-corrected chi connectivity index (χ1v) is 7.64. The molecule has 0 bridgehead atoms. The molecule has 0 amide bonds. The van der Waals surface area contributed by atoms with Gasteiger partial charge in [0.1, 0.15) is 0 Å². The highest BCUT2D eigenvalue weighted by atomic mass is 16.5. The third-order valence-corrected chi connectivity index (χ3v) is 4.74. The van der Waals surface area contributed by atoms with Gasteiger partial charge in [0, 0.05) is 19.1 Å². The number of likely N-dealkylation sites (N-methyl/N-ethyl adjacent to an activating group) is 1. The van der Waals surface area contributed by atoms with Crippen molar-refractivity contribution in [3.8, 4) is 0 Å². The Morgan fingerprint density at radius 3 is 2.56 bits per heavy atom. The molecule has 2 fully saturated rings. The van der Waals surface area contributed by atoms with Crippen LogP contribution in [0.25, 0.3) is 0 Å². The van der Waals surface area contributed by atoms with E-state index < -0.39 is 0 Å². The average molecular weight is 255 g/mol. The van der Waals surface area contributed by atoms with Crippen molar-refractivity contribution in [2.24, 2.45) is 11.8 Å². The molecule has 1 unspecified atom stereocenters. The van der Waals surface area contributed by atoms with Crippen molar-refractivity contribution in [2.45, 2.75) is 51.0 Å². The van der Waals surface area contributed by atoms with Gasteiger partial charge in [-0.25, -0.2) is 0 Å². The number of hydrogen-bond acceptors (Lipinski definition) is 3. The second kappa shape index (κ2) is 6.88. The molecule has 1 aliphatic carbocycles. The topological polar surface area (TPSA) is 30.5 Å². The lowest BCUT2D eigenvalue weighted by molar-refractivity contribution is -0.0881. The molecule has 0 radical (unpaired) electrons. The van der Waals surface area contributed by atoms with Crippen LogP contribution in [0, 0.1) is 11.8 Å². The molecule has 106 valence electrons. The van der Waals surface area contributed by atoms with E-state index in [1.54, 1.807) is 0 Å². The number of rotatable bonds is 6. The van der Waals surface area contributed by atoms with Crippen LogP contribution in [0.4, 0.5) is 0 Å². The quantitative estimate of drug-likeness (QED) is 0.791. The molecule has 1 saturated carbocycles. The van der Waals surface area contributed by atoms with Crippen LogP contribution >= 0.6 is 0 Å². The smallest absolute Gasteiger partial charge is 0.0806 e. The molecule has 1 atom stereocenters. The van der Waals surface area contributed by atoms with Gasteiger partial charge in [0.05, 0.1) is 18.8 Å². The highest BCUT2D eigenvalue weighted by molar-refractivity contribution is 4.89. The summed E-state index contributed by atoms with van der Waals surface area (Å²) in [7, 11) is 2.04. The van der Waals surface area contributed by atoms with Gasteiger partial charge < -0.3 is 14.8 Å². The maximum Gasteiger partial charge on any atom is 0.0806 e. The monoisotopic (exact) mass is 255 g/mol. The SMILES string of the molecule is CCC1CCC(CNC)(OCC2CCOC2)CC1. The van der Waals surface area contributed by atoms with E-state index in [-0.39, 0.29) is 5.60 Å². The second-order valence-corrected chi connectivity index (χ2v) is 6.11. The van der Waals surface area contributed by atoms with E-state index in [2.05, 4.69) is 12.2 Å². The van der Waals surface area contributed by atoms with Crippen molar-refractivity contribution in [3.63, 3.8) is 0 Å². The molecule has 1 aliphatic heterocycles. The fourth-order valence-electron chi connectivity index (χ4n) is 3.32. The Labute approximate surface area is 112 Å². The van der Waals surface area contributed by atoms with Crippen molar-refractivity contribution in [3.05, 3.63) is 0 Å². The molecule has 0 aromatic carbocycles. The Hall–Kier alpha value is -0.120. The first-order chi connectivity index (χ1) is 8.78. The summed E-state index contributed by atoms with van der Waals surface area (Å²) in [5.41, 5.74) is 0.100. The summed E-state index contributed by atoms with van der Waals surface area (Å²) in [6, 6.07) is 0. The molecule has 1 heterocycles. The summed E-state index contributed by atoms with van der Waals surface area (Å²) in [6.07, 6.45) is 7.61. The van der Waals surface area contributed by atoms with Gasteiger partial charge in [-0.05, 0) is 45.1 Å². The Bertz CT molecular complexity index is 231.